The van der Waals surface area contributed by atoms with Crippen LogP contribution in [0.3, 0.4) is 0 Å². The lowest BCUT2D eigenvalue weighted by atomic mass is 9.97. The van der Waals surface area contributed by atoms with Gasteiger partial charge >= 0.3 is 0 Å². The van der Waals surface area contributed by atoms with Gasteiger partial charge in [0, 0.05) is 38.6 Å². The molecular formula is C29H39N7O5S. The molecule has 0 aliphatic carbocycles. The first-order valence-corrected chi connectivity index (χ1v) is 16.1. The van der Waals surface area contributed by atoms with E-state index < -0.39 is 28.0 Å². The number of benzene rings is 1. The van der Waals surface area contributed by atoms with Crippen LogP contribution in [0, 0.1) is 5.92 Å². The second kappa shape index (κ2) is 14.4. The average molecular weight is 598 g/mol. The van der Waals surface area contributed by atoms with Gasteiger partial charge in [-0.2, -0.15) is 4.99 Å². The van der Waals surface area contributed by atoms with Crippen molar-refractivity contribution in [3.05, 3.63) is 66.0 Å². The summed E-state index contributed by atoms with van der Waals surface area (Å²) in [7, 11) is -3.65. The van der Waals surface area contributed by atoms with Crippen LogP contribution in [0.4, 0.5) is 0 Å². The van der Waals surface area contributed by atoms with E-state index in [0.29, 0.717) is 39.0 Å². The van der Waals surface area contributed by atoms with Gasteiger partial charge in [-0.1, -0.05) is 30.3 Å². The zero-order valence-electron chi connectivity index (χ0n) is 23.8. The number of nitrogens with zero attached hydrogens (tertiary/aromatic N) is 4. The number of nitrogens with one attached hydrogen (secondary N) is 2. The normalized spacial score (nSPS) is 19.0. The number of hydrogen-bond donors (Lipinski definition) is 3. The number of aliphatic imine (C=N–C) groups is 1. The van der Waals surface area contributed by atoms with Gasteiger partial charge in [-0.05, 0) is 61.3 Å². The Balaban J connectivity index is 1.27. The third-order valence-corrected chi connectivity index (χ3v) is 8.34. The van der Waals surface area contributed by atoms with Gasteiger partial charge in [-0.15, -0.1) is 0 Å². The Morgan fingerprint density at radius 2 is 1.71 bits per heavy atom. The van der Waals surface area contributed by atoms with Crippen molar-refractivity contribution in [3.8, 4) is 0 Å². The maximum absolute atomic E-state index is 13.5. The first-order chi connectivity index (χ1) is 20.1. The molecule has 2 atom stereocenters. The molecule has 1 aromatic carbocycles. The van der Waals surface area contributed by atoms with Crippen LogP contribution in [0.1, 0.15) is 36.8 Å². The molecular weight excluding hydrogens is 558 g/mol. The number of sulfonamides is 1. The van der Waals surface area contributed by atoms with Crippen LogP contribution in [-0.4, -0.2) is 91.4 Å². The van der Waals surface area contributed by atoms with Crippen molar-refractivity contribution >= 4 is 33.7 Å². The van der Waals surface area contributed by atoms with Crippen molar-refractivity contribution in [2.45, 2.75) is 50.6 Å². The van der Waals surface area contributed by atoms with Gasteiger partial charge in [0.05, 0.1) is 12.7 Å². The number of aromatic nitrogens is 1. The SMILES string of the molecule is CS(=O)(=O)N[C@H](Cc1ccccc1)C(=O)N1CCC[C@H]1C(=O)NCC1CCN(C(N)=NC(=O)Cc2ccncc2)CC1. The number of carbonyl (C=O) groups excluding carboxylic acids is 3. The average Bonchev–Trinajstić information content (AvgIpc) is 3.46. The smallest absolute Gasteiger partial charge is 0.253 e. The van der Waals surface area contributed by atoms with Crippen LogP contribution in [-0.2, 0) is 37.2 Å². The van der Waals surface area contributed by atoms with E-state index in [1.807, 2.05) is 35.2 Å². The molecule has 4 N–H and O–H groups in total. The monoisotopic (exact) mass is 597 g/mol. The Kier molecular flexibility index (Phi) is 10.6. The Hall–Kier alpha value is -3.84. The molecule has 2 aliphatic rings. The minimum Gasteiger partial charge on any atom is -0.369 e. The van der Waals surface area contributed by atoms with Gasteiger partial charge in [-0.25, -0.2) is 13.1 Å². The Morgan fingerprint density at radius 3 is 2.38 bits per heavy atom. The van der Waals surface area contributed by atoms with E-state index in [2.05, 4.69) is 20.0 Å². The highest BCUT2D eigenvalue weighted by atomic mass is 32.2. The third kappa shape index (κ3) is 9.08. The van der Waals surface area contributed by atoms with E-state index in [0.717, 1.165) is 30.2 Å². The Morgan fingerprint density at radius 1 is 1.02 bits per heavy atom. The lowest BCUT2D eigenvalue weighted by molar-refractivity contribution is -0.139. The number of amides is 3. The molecule has 1 aromatic heterocycles. The molecule has 42 heavy (non-hydrogen) atoms. The molecule has 3 amide bonds. The van der Waals surface area contributed by atoms with Crippen LogP contribution in [0.2, 0.25) is 0 Å². The fourth-order valence-corrected chi connectivity index (χ4v) is 6.13. The summed E-state index contributed by atoms with van der Waals surface area (Å²) in [6.45, 7) is 2.08. The molecule has 2 fully saturated rings. The molecule has 3 heterocycles. The van der Waals surface area contributed by atoms with Crippen LogP contribution < -0.4 is 15.8 Å². The summed E-state index contributed by atoms with van der Waals surface area (Å²) in [4.78, 5) is 50.3. The molecule has 0 saturated carbocycles. The van der Waals surface area contributed by atoms with E-state index in [9.17, 15) is 22.8 Å². The summed E-state index contributed by atoms with van der Waals surface area (Å²) in [5.41, 5.74) is 7.74. The number of hydrogen-bond acceptors (Lipinski definition) is 6. The summed E-state index contributed by atoms with van der Waals surface area (Å²) in [5, 5.41) is 3.01. The molecule has 2 aliphatic heterocycles. The van der Waals surface area contributed by atoms with E-state index >= 15 is 0 Å². The maximum atomic E-state index is 13.5. The van der Waals surface area contributed by atoms with Crippen molar-refractivity contribution in [2.24, 2.45) is 16.6 Å². The first kappa shape index (κ1) is 31.1. The van der Waals surface area contributed by atoms with E-state index in [1.165, 1.54) is 4.90 Å². The Labute approximate surface area is 246 Å². The van der Waals surface area contributed by atoms with Gasteiger partial charge in [0.25, 0.3) is 5.91 Å². The molecule has 12 nitrogen and oxygen atoms in total. The second-order valence-electron chi connectivity index (χ2n) is 10.9. The summed E-state index contributed by atoms with van der Waals surface area (Å²) < 4.78 is 26.5. The number of rotatable bonds is 10. The maximum Gasteiger partial charge on any atom is 0.253 e. The molecule has 0 radical (unpaired) electrons. The lowest BCUT2D eigenvalue weighted by Crippen LogP contribution is -2.54. The number of carbonyl (C=O) groups is 3. The minimum absolute atomic E-state index is 0.156. The second-order valence-corrected chi connectivity index (χ2v) is 12.7. The third-order valence-electron chi connectivity index (χ3n) is 7.62. The number of pyridine rings is 1. The van der Waals surface area contributed by atoms with Gasteiger partial charge in [0.2, 0.25) is 21.8 Å². The van der Waals surface area contributed by atoms with E-state index in [4.69, 9.17) is 5.73 Å². The van der Waals surface area contributed by atoms with E-state index in [1.54, 1.807) is 24.5 Å². The predicted molar refractivity (Wildman–Crippen MR) is 159 cm³/mol. The van der Waals surface area contributed by atoms with Gasteiger partial charge in [0.1, 0.15) is 12.1 Å². The standard InChI is InChI=1S/C29H39N7O5S/c1-42(40,41)34-24(18-21-6-3-2-4-7-21)28(39)36-15-5-8-25(36)27(38)32-20-23-11-16-35(17-12-23)29(30)33-26(37)19-22-9-13-31-14-10-22/h2-4,6-7,9-10,13-14,23-25,34H,5,8,11-12,15-20H2,1H3,(H,32,38)(H2,30,33,37)/t24-,25+/m1/s1. The molecule has 0 unspecified atom stereocenters. The topological polar surface area (TPSA) is 167 Å². The molecule has 2 saturated heterocycles. The largest absolute Gasteiger partial charge is 0.369 e. The van der Waals surface area contributed by atoms with Crippen molar-refractivity contribution in [3.63, 3.8) is 0 Å². The minimum atomic E-state index is -3.65. The predicted octanol–water partition coefficient (Wildman–Crippen LogP) is 0.445. The van der Waals surface area contributed by atoms with Crippen molar-refractivity contribution < 1.29 is 22.8 Å². The summed E-state index contributed by atoms with van der Waals surface area (Å²) in [5.74, 6) is -0.535. The van der Waals surface area contributed by atoms with E-state index in [-0.39, 0.29) is 36.5 Å². The number of likely N-dealkylation sites (tertiary alicyclic amines) is 2. The summed E-state index contributed by atoms with van der Waals surface area (Å²) in [6, 6.07) is 11.1. The summed E-state index contributed by atoms with van der Waals surface area (Å²) >= 11 is 0. The highest BCUT2D eigenvalue weighted by Crippen LogP contribution is 2.21. The number of piperidine rings is 1. The van der Waals surface area contributed by atoms with Gasteiger partial charge in [0.15, 0.2) is 5.96 Å². The molecule has 4 rings (SSSR count). The van der Waals surface area contributed by atoms with Gasteiger partial charge < -0.3 is 20.9 Å². The zero-order valence-corrected chi connectivity index (χ0v) is 24.6. The van der Waals surface area contributed by atoms with Crippen molar-refractivity contribution in [1.82, 2.24) is 24.8 Å². The zero-order chi connectivity index (χ0) is 30.1. The Bertz CT molecular complexity index is 1360. The molecule has 2 aromatic rings. The van der Waals surface area contributed by atoms with Crippen LogP contribution >= 0.6 is 0 Å². The van der Waals surface area contributed by atoms with Crippen LogP contribution in [0.5, 0.6) is 0 Å². The molecule has 0 spiro atoms. The van der Waals surface area contributed by atoms with Gasteiger partial charge in [-0.3, -0.25) is 19.4 Å². The molecule has 0 bridgehead atoms. The fraction of sp³-hybridized carbons (Fsp3) is 0.483. The lowest BCUT2D eigenvalue weighted by Gasteiger charge is -2.33. The first-order valence-electron chi connectivity index (χ1n) is 14.2. The van der Waals surface area contributed by atoms with Crippen molar-refractivity contribution in [1.29, 1.82) is 0 Å². The number of guanidine groups is 1. The number of nitrogens with two attached hydrogens (primary N) is 1. The van der Waals surface area contributed by atoms with Crippen molar-refractivity contribution in [2.75, 3.05) is 32.4 Å². The molecule has 226 valence electrons. The molecule has 13 heteroatoms. The highest BCUT2D eigenvalue weighted by Gasteiger charge is 2.38. The summed E-state index contributed by atoms with van der Waals surface area (Å²) in [6.07, 6.45) is 7.34. The van der Waals surface area contributed by atoms with Crippen LogP contribution in [0.25, 0.3) is 0 Å². The highest BCUT2D eigenvalue weighted by molar-refractivity contribution is 7.88. The quantitative estimate of drug-likeness (QED) is 0.262. The van der Waals surface area contributed by atoms with Crippen LogP contribution in [0.15, 0.2) is 59.9 Å². The fourth-order valence-electron chi connectivity index (χ4n) is 5.43.